The molecular weight excluding hydrogens is 174 g/mol. The van der Waals surface area contributed by atoms with Gasteiger partial charge in [0.25, 0.3) is 0 Å². The van der Waals surface area contributed by atoms with Gasteiger partial charge in [-0.15, -0.1) is 11.8 Å². The molecule has 0 bridgehead atoms. The maximum absolute atomic E-state index is 11.1. The second-order valence-corrected chi connectivity index (χ2v) is 3.43. The third-order valence-electron chi connectivity index (χ3n) is 1.55. The summed E-state index contributed by atoms with van der Waals surface area (Å²) in [4.78, 5) is 15.3. The van der Waals surface area contributed by atoms with Gasteiger partial charge in [0.15, 0.2) is 0 Å². The Bertz CT molecular complexity index is 369. The van der Waals surface area contributed by atoms with E-state index in [1.165, 1.54) is 6.26 Å². The van der Waals surface area contributed by atoms with Crippen LogP contribution in [0.3, 0.4) is 0 Å². The highest BCUT2D eigenvalue weighted by Crippen LogP contribution is 2.16. The summed E-state index contributed by atoms with van der Waals surface area (Å²) < 4.78 is 4.72. The molecule has 0 unspecified atom stereocenters. The first-order chi connectivity index (χ1) is 5.88. The van der Waals surface area contributed by atoms with E-state index in [2.05, 4.69) is 4.99 Å². The van der Waals surface area contributed by atoms with Gasteiger partial charge in [0.2, 0.25) is 0 Å². The van der Waals surface area contributed by atoms with Gasteiger partial charge in [-0.25, -0.2) is 4.79 Å². The fourth-order valence-corrected chi connectivity index (χ4v) is 1.89. The highest BCUT2D eigenvalue weighted by Gasteiger charge is 2.12. The highest BCUT2D eigenvalue weighted by molar-refractivity contribution is 8.14. The lowest BCUT2D eigenvalue weighted by Crippen LogP contribution is -2.09. The minimum absolute atomic E-state index is 0.300. The van der Waals surface area contributed by atoms with Crippen molar-refractivity contribution < 1.29 is 4.42 Å². The molecule has 1 aliphatic rings. The molecule has 0 radical (unpaired) electrons. The highest BCUT2D eigenvalue weighted by atomic mass is 32.2. The zero-order valence-electron chi connectivity index (χ0n) is 6.32. The Morgan fingerprint density at radius 3 is 3.17 bits per heavy atom. The molecule has 0 fully saturated rings. The number of hydrogen-bond donors (Lipinski definition) is 0. The molecule has 2 rings (SSSR count). The summed E-state index contributed by atoms with van der Waals surface area (Å²) in [7, 11) is 0. The van der Waals surface area contributed by atoms with E-state index in [1.807, 2.05) is 0 Å². The van der Waals surface area contributed by atoms with Crippen LogP contribution in [0.5, 0.6) is 0 Å². The van der Waals surface area contributed by atoms with E-state index in [0.717, 1.165) is 17.3 Å². The van der Waals surface area contributed by atoms with Crippen molar-refractivity contribution in [3.05, 3.63) is 34.4 Å². The largest absolute Gasteiger partial charge is 0.431 e. The minimum Gasteiger partial charge on any atom is -0.431 e. The summed E-state index contributed by atoms with van der Waals surface area (Å²) in [5, 5.41) is 0.810. The SMILES string of the molecule is O=c1occcc1C1=NCCS1. The number of nitrogens with zero attached hydrogens (tertiary/aromatic N) is 1. The summed E-state index contributed by atoms with van der Waals surface area (Å²) >= 11 is 1.60. The summed E-state index contributed by atoms with van der Waals surface area (Å²) in [6, 6.07) is 3.45. The Hall–Kier alpha value is -1.03. The average molecular weight is 181 g/mol. The van der Waals surface area contributed by atoms with Crippen LogP contribution in [0.2, 0.25) is 0 Å². The molecule has 0 spiro atoms. The first-order valence-corrected chi connectivity index (χ1v) is 4.62. The van der Waals surface area contributed by atoms with E-state index in [0.29, 0.717) is 5.56 Å². The summed E-state index contributed by atoms with van der Waals surface area (Å²) in [6.07, 6.45) is 1.38. The summed E-state index contributed by atoms with van der Waals surface area (Å²) in [5.74, 6) is 0.962. The second kappa shape index (κ2) is 3.15. The van der Waals surface area contributed by atoms with Crippen molar-refractivity contribution in [1.29, 1.82) is 0 Å². The van der Waals surface area contributed by atoms with Gasteiger partial charge < -0.3 is 4.42 Å². The molecule has 2 heterocycles. The normalized spacial score (nSPS) is 16.2. The van der Waals surface area contributed by atoms with Crippen LogP contribution >= 0.6 is 11.8 Å². The van der Waals surface area contributed by atoms with Gasteiger partial charge in [-0.3, -0.25) is 4.99 Å². The predicted octanol–water partition coefficient (Wildman–Crippen LogP) is 1.13. The van der Waals surface area contributed by atoms with Crippen LogP contribution in [0.1, 0.15) is 5.56 Å². The lowest BCUT2D eigenvalue weighted by molar-refractivity contribution is 0.509. The van der Waals surface area contributed by atoms with Gasteiger partial charge in [0.1, 0.15) is 5.04 Å². The quantitative estimate of drug-likeness (QED) is 0.652. The zero-order chi connectivity index (χ0) is 8.39. The molecule has 3 nitrogen and oxygen atoms in total. The van der Waals surface area contributed by atoms with Gasteiger partial charge >= 0.3 is 5.63 Å². The minimum atomic E-state index is -0.300. The van der Waals surface area contributed by atoms with Crippen LogP contribution in [0, 0.1) is 0 Å². The maximum atomic E-state index is 11.1. The van der Waals surface area contributed by atoms with Crippen LogP contribution in [0.25, 0.3) is 0 Å². The Balaban J connectivity index is 2.46. The maximum Gasteiger partial charge on any atom is 0.345 e. The standard InChI is InChI=1S/C8H7NO2S/c10-8-6(2-1-4-11-8)7-9-3-5-12-7/h1-2,4H,3,5H2. The molecule has 0 saturated heterocycles. The summed E-state index contributed by atoms with van der Waals surface area (Å²) in [6.45, 7) is 0.800. The van der Waals surface area contributed by atoms with Crippen LogP contribution < -0.4 is 5.63 Å². The molecule has 0 N–H and O–H groups in total. The fourth-order valence-electron chi connectivity index (χ4n) is 1.02. The lowest BCUT2D eigenvalue weighted by Gasteiger charge is -1.94. The van der Waals surface area contributed by atoms with E-state index in [4.69, 9.17) is 4.42 Å². The monoisotopic (exact) mass is 181 g/mol. The van der Waals surface area contributed by atoms with Crippen LogP contribution in [0.4, 0.5) is 0 Å². The Kier molecular flexibility index (Phi) is 1.99. The first-order valence-electron chi connectivity index (χ1n) is 3.63. The van der Waals surface area contributed by atoms with Gasteiger partial charge in [0.05, 0.1) is 11.8 Å². The number of thioether (sulfide) groups is 1. The third-order valence-corrected chi connectivity index (χ3v) is 2.56. The second-order valence-electron chi connectivity index (χ2n) is 2.35. The number of aliphatic imine (C=N–C) groups is 1. The molecule has 0 amide bonds. The molecule has 0 atom stereocenters. The van der Waals surface area contributed by atoms with E-state index in [9.17, 15) is 4.79 Å². The first kappa shape index (κ1) is 7.61. The molecular formula is C8H7NO2S. The molecule has 1 aromatic rings. The number of hydrogen-bond acceptors (Lipinski definition) is 4. The topological polar surface area (TPSA) is 42.6 Å². The Labute approximate surface area is 73.5 Å². The predicted molar refractivity (Wildman–Crippen MR) is 48.8 cm³/mol. The zero-order valence-corrected chi connectivity index (χ0v) is 7.13. The summed E-state index contributed by atoms with van der Waals surface area (Å²) in [5.41, 5.74) is 0.283. The van der Waals surface area contributed by atoms with E-state index >= 15 is 0 Å². The van der Waals surface area contributed by atoms with Crippen molar-refractivity contribution in [3.63, 3.8) is 0 Å². The van der Waals surface area contributed by atoms with E-state index in [1.54, 1.807) is 23.9 Å². The van der Waals surface area contributed by atoms with Crippen molar-refractivity contribution in [1.82, 2.24) is 0 Å². The van der Waals surface area contributed by atoms with Gasteiger partial charge in [-0.05, 0) is 12.1 Å². The molecule has 0 saturated carbocycles. The molecule has 12 heavy (non-hydrogen) atoms. The van der Waals surface area contributed by atoms with Gasteiger partial charge in [-0.2, -0.15) is 0 Å². The average Bonchev–Trinajstić information content (AvgIpc) is 2.57. The van der Waals surface area contributed by atoms with E-state index < -0.39 is 0 Å². The molecule has 1 aliphatic heterocycles. The lowest BCUT2D eigenvalue weighted by atomic mass is 10.3. The Morgan fingerprint density at radius 2 is 2.50 bits per heavy atom. The van der Waals surface area contributed by atoms with Crippen molar-refractivity contribution in [2.75, 3.05) is 12.3 Å². The van der Waals surface area contributed by atoms with Crippen molar-refractivity contribution in [2.45, 2.75) is 0 Å². The molecule has 0 aliphatic carbocycles. The molecule has 0 aromatic carbocycles. The molecule has 62 valence electrons. The van der Waals surface area contributed by atoms with Crippen molar-refractivity contribution in [2.24, 2.45) is 4.99 Å². The van der Waals surface area contributed by atoms with Crippen molar-refractivity contribution >= 4 is 16.8 Å². The van der Waals surface area contributed by atoms with Crippen LogP contribution in [0.15, 0.2) is 32.6 Å². The molecule has 1 aromatic heterocycles. The third kappa shape index (κ3) is 1.30. The van der Waals surface area contributed by atoms with E-state index in [-0.39, 0.29) is 5.63 Å². The van der Waals surface area contributed by atoms with Gasteiger partial charge in [0, 0.05) is 12.3 Å². The van der Waals surface area contributed by atoms with Gasteiger partial charge in [-0.1, -0.05) is 0 Å². The Morgan fingerprint density at radius 1 is 1.58 bits per heavy atom. The smallest absolute Gasteiger partial charge is 0.345 e. The number of rotatable bonds is 1. The molecule has 4 heteroatoms. The van der Waals surface area contributed by atoms with Crippen LogP contribution in [-0.4, -0.2) is 17.3 Å². The van der Waals surface area contributed by atoms with Crippen LogP contribution in [-0.2, 0) is 0 Å². The van der Waals surface area contributed by atoms with Crippen molar-refractivity contribution in [3.8, 4) is 0 Å². The fraction of sp³-hybridized carbons (Fsp3) is 0.250.